The first-order chi connectivity index (χ1) is 15.4. The fourth-order valence-corrected chi connectivity index (χ4v) is 4.76. The Bertz CT molecular complexity index is 1230. The third-order valence-corrected chi connectivity index (χ3v) is 5.89. The second kappa shape index (κ2) is 11.0. The van der Waals surface area contributed by atoms with E-state index in [1.54, 1.807) is 0 Å². The zero-order chi connectivity index (χ0) is 23.7. The topological polar surface area (TPSA) is 17.0 Å². The van der Waals surface area contributed by atoms with Gasteiger partial charge in [0.15, 0.2) is 0 Å². The van der Waals surface area contributed by atoms with Crippen LogP contribution in [-0.4, -0.2) is 27.3 Å². The van der Waals surface area contributed by atoms with Crippen LogP contribution in [0.2, 0.25) is 0 Å². The summed E-state index contributed by atoms with van der Waals surface area (Å²) in [5, 5.41) is 4.98. The number of rotatable bonds is 2. The fourth-order valence-electron chi connectivity index (χ4n) is 4.76. The normalized spacial score (nSPS) is 17.8. The maximum absolute atomic E-state index is 6.69. The molecule has 0 fully saturated rings. The molecule has 5 rings (SSSR count). The monoisotopic (exact) mass is 504 g/mol. The summed E-state index contributed by atoms with van der Waals surface area (Å²) in [7, 11) is 16.3. The Hall–Kier alpha value is -1.28. The zero-order valence-corrected chi connectivity index (χ0v) is 23.7. The summed E-state index contributed by atoms with van der Waals surface area (Å²) in [6.07, 6.45) is 0. The van der Waals surface area contributed by atoms with Crippen LogP contribution >= 0.6 is 0 Å². The molecule has 4 aromatic rings. The Balaban J connectivity index is 0.000000733. The molecule has 0 bridgehead atoms. The van der Waals surface area contributed by atoms with Crippen molar-refractivity contribution in [3.63, 3.8) is 0 Å². The van der Waals surface area contributed by atoms with Crippen molar-refractivity contribution in [3.8, 4) is 11.1 Å². The number of benzene rings is 3. The Morgan fingerprint density at radius 2 is 1.64 bits per heavy atom. The standard InChI is InChI=1S/C23H18B3N2.2C2H6.Y/c1-22(2)20-17(23(24,26-25)27-22)13-16(14-9-5-4-6-10-14)21-19(20)15-11-7-8-12-18(15)28(21)3;2*1-2;/h4-9,11-12,27H,1-3H3;2*1-2H3;/q-2;;;. The Labute approximate surface area is 228 Å². The third-order valence-electron chi connectivity index (χ3n) is 5.89. The molecule has 162 valence electrons. The summed E-state index contributed by atoms with van der Waals surface area (Å²) in [6.45, 7) is 12.3. The number of fused-ring (bicyclic) bond motifs is 5. The quantitative estimate of drug-likeness (QED) is 0.280. The van der Waals surface area contributed by atoms with Crippen molar-refractivity contribution < 1.29 is 32.7 Å². The first-order valence-corrected chi connectivity index (χ1v) is 11.5. The number of hydrogen-bond donors (Lipinski definition) is 1. The number of nitrogens with one attached hydrogen (secondary N) is 1. The van der Waals surface area contributed by atoms with E-state index in [9.17, 15) is 0 Å². The van der Waals surface area contributed by atoms with Crippen LogP contribution in [-0.2, 0) is 50.6 Å². The maximum Gasteiger partial charge on any atom is 0.0861 e. The summed E-state index contributed by atoms with van der Waals surface area (Å²) in [4.78, 5) is 0. The molecule has 2 nitrogen and oxygen atoms in total. The van der Waals surface area contributed by atoms with E-state index >= 15 is 0 Å². The van der Waals surface area contributed by atoms with Gasteiger partial charge in [-0.15, -0.1) is 11.6 Å². The minimum atomic E-state index is -0.937. The van der Waals surface area contributed by atoms with E-state index in [0.717, 1.165) is 27.8 Å². The van der Waals surface area contributed by atoms with Crippen molar-refractivity contribution >= 4 is 44.6 Å². The van der Waals surface area contributed by atoms with Gasteiger partial charge < -0.3 is 9.88 Å². The van der Waals surface area contributed by atoms with Crippen molar-refractivity contribution in [1.82, 2.24) is 9.88 Å². The Kier molecular flexibility index (Phi) is 9.30. The summed E-state index contributed by atoms with van der Waals surface area (Å²) >= 11 is 0. The van der Waals surface area contributed by atoms with Crippen molar-refractivity contribution in [2.75, 3.05) is 0 Å². The van der Waals surface area contributed by atoms with Crippen LogP contribution in [0.25, 0.3) is 32.9 Å². The van der Waals surface area contributed by atoms with Crippen LogP contribution in [0.1, 0.15) is 52.7 Å². The van der Waals surface area contributed by atoms with Gasteiger partial charge in [0.25, 0.3) is 0 Å². The van der Waals surface area contributed by atoms with Gasteiger partial charge in [0.05, 0.1) is 15.0 Å². The van der Waals surface area contributed by atoms with Gasteiger partial charge in [-0.3, -0.25) is 0 Å². The summed E-state index contributed by atoms with van der Waals surface area (Å²) in [6, 6.07) is 23.5. The predicted molar refractivity (Wildman–Crippen MR) is 141 cm³/mol. The van der Waals surface area contributed by atoms with E-state index in [4.69, 9.17) is 15.6 Å². The molecule has 6 radical (unpaired) electrons. The number of para-hydroxylation sites is 1. The second-order valence-corrected chi connectivity index (χ2v) is 8.11. The molecule has 6 heteroatoms. The van der Waals surface area contributed by atoms with E-state index in [-0.39, 0.29) is 38.2 Å². The van der Waals surface area contributed by atoms with E-state index in [0.29, 0.717) is 0 Å². The van der Waals surface area contributed by atoms with Crippen molar-refractivity contribution in [2.24, 2.45) is 7.05 Å². The largest absolute Gasteiger partial charge is 0.392 e. The van der Waals surface area contributed by atoms with Gasteiger partial charge in [-0.25, -0.2) is 11.1 Å². The summed E-state index contributed by atoms with van der Waals surface area (Å²) in [5.41, 5.74) is 6.00. The van der Waals surface area contributed by atoms with Crippen LogP contribution in [0, 0.1) is 12.1 Å². The molecule has 0 spiro atoms. The fraction of sp³-hybridized carbons (Fsp3) is 0.333. The molecule has 33 heavy (non-hydrogen) atoms. The first-order valence-electron chi connectivity index (χ1n) is 11.5. The third kappa shape index (κ3) is 4.54. The van der Waals surface area contributed by atoms with Crippen LogP contribution in [0.3, 0.4) is 0 Å². The average Bonchev–Trinajstić information content (AvgIpc) is 3.24. The number of hydrogen-bond acceptors (Lipinski definition) is 1. The molecule has 0 saturated heterocycles. The molecule has 1 N–H and O–H groups in total. The van der Waals surface area contributed by atoms with E-state index in [1.165, 1.54) is 23.5 Å². The summed E-state index contributed by atoms with van der Waals surface area (Å²) in [5.74, 6) is 0. The van der Waals surface area contributed by atoms with Gasteiger partial charge in [0.1, 0.15) is 0 Å². The SMILES string of the molecule is CC.CC.[B][B]C1([B])NC(C)(C)c2c1[c-]c(-c1[c-]cccc1)c1c2c2ccccc2n1C.[Y]. The molecule has 1 aromatic heterocycles. The zero-order valence-electron chi connectivity index (χ0n) is 20.9. The van der Waals surface area contributed by atoms with Gasteiger partial charge >= 0.3 is 0 Å². The number of aromatic nitrogens is 1. The molecule has 1 atom stereocenters. The average molecular weight is 504 g/mol. The van der Waals surface area contributed by atoms with Gasteiger partial charge in [0, 0.05) is 58.5 Å². The van der Waals surface area contributed by atoms with Gasteiger partial charge in [-0.05, 0) is 11.5 Å². The molecule has 2 heterocycles. The predicted octanol–water partition coefficient (Wildman–Crippen LogP) is 5.55. The van der Waals surface area contributed by atoms with Crippen molar-refractivity contribution in [2.45, 2.75) is 52.4 Å². The number of nitrogens with zero attached hydrogens (tertiary/aromatic N) is 1. The minimum absolute atomic E-state index is 0. The van der Waals surface area contributed by atoms with Gasteiger partial charge in [-0.1, -0.05) is 81.5 Å². The Morgan fingerprint density at radius 3 is 2.24 bits per heavy atom. The minimum Gasteiger partial charge on any atom is -0.392 e. The molecule has 0 aliphatic carbocycles. The van der Waals surface area contributed by atoms with E-state index in [1.807, 2.05) is 45.9 Å². The molecule has 1 aliphatic heterocycles. The molecule has 0 saturated carbocycles. The van der Waals surface area contributed by atoms with Crippen LogP contribution < -0.4 is 5.32 Å². The van der Waals surface area contributed by atoms with Crippen molar-refractivity contribution in [3.05, 3.63) is 71.8 Å². The Morgan fingerprint density at radius 1 is 1.00 bits per heavy atom. The molecule has 0 amide bonds. The first kappa shape index (κ1) is 28.0. The smallest absolute Gasteiger partial charge is 0.0861 e. The summed E-state index contributed by atoms with van der Waals surface area (Å²) < 4.78 is 2.25. The van der Waals surface area contributed by atoms with Gasteiger partial charge in [-0.2, -0.15) is 30.3 Å². The second-order valence-electron chi connectivity index (χ2n) is 8.11. The molecular formula is C27H30B3N2Y-2. The van der Waals surface area contributed by atoms with E-state index < -0.39 is 5.34 Å². The molecular weight excluding hydrogens is 474 g/mol. The van der Waals surface area contributed by atoms with E-state index in [2.05, 4.69) is 73.2 Å². The van der Waals surface area contributed by atoms with Crippen LogP contribution in [0.4, 0.5) is 0 Å². The van der Waals surface area contributed by atoms with Crippen LogP contribution in [0.15, 0.2) is 48.5 Å². The van der Waals surface area contributed by atoms with Gasteiger partial charge in [0.2, 0.25) is 0 Å². The molecule has 1 unspecified atom stereocenters. The molecule has 3 aromatic carbocycles. The number of aryl methyl sites for hydroxylation is 1. The molecule has 1 aliphatic rings. The maximum atomic E-state index is 6.69. The van der Waals surface area contributed by atoms with Crippen LogP contribution in [0.5, 0.6) is 0 Å². The van der Waals surface area contributed by atoms with Crippen molar-refractivity contribution in [1.29, 1.82) is 0 Å².